The largest absolute Gasteiger partial charge is 0.492 e. The second-order valence-corrected chi connectivity index (χ2v) is 6.54. The minimum Gasteiger partial charge on any atom is -0.492 e. The average molecular weight is 390 g/mol. The molecule has 0 atom stereocenters. The van der Waals surface area contributed by atoms with Crippen molar-refractivity contribution in [1.29, 1.82) is 0 Å². The van der Waals surface area contributed by atoms with E-state index in [4.69, 9.17) is 16.3 Å². The van der Waals surface area contributed by atoms with E-state index >= 15 is 0 Å². The fourth-order valence-electron chi connectivity index (χ4n) is 3.15. The minimum absolute atomic E-state index is 0.0626. The Morgan fingerprint density at radius 2 is 1.89 bits per heavy atom. The van der Waals surface area contributed by atoms with Crippen LogP contribution in [0, 0.1) is 10.1 Å². The van der Waals surface area contributed by atoms with Gasteiger partial charge in [0, 0.05) is 37.3 Å². The minimum atomic E-state index is -0.576. The van der Waals surface area contributed by atoms with E-state index in [0.29, 0.717) is 32.8 Å². The van der Waals surface area contributed by atoms with Crippen molar-refractivity contribution < 1.29 is 14.5 Å². The van der Waals surface area contributed by atoms with Crippen LogP contribution in [-0.4, -0.2) is 48.5 Å². The molecule has 142 valence electrons. The molecule has 0 saturated carbocycles. The number of nitro benzene ring substituents is 1. The highest BCUT2D eigenvalue weighted by molar-refractivity contribution is 6.31. The van der Waals surface area contributed by atoms with Crippen molar-refractivity contribution in [2.45, 2.75) is 6.92 Å². The Labute approximate surface area is 162 Å². The van der Waals surface area contributed by atoms with Crippen LogP contribution in [0.1, 0.15) is 17.3 Å². The first-order valence-electron chi connectivity index (χ1n) is 8.71. The van der Waals surface area contributed by atoms with Crippen LogP contribution >= 0.6 is 11.6 Å². The maximum atomic E-state index is 12.8. The smallest absolute Gasteiger partial charge is 0.283 e. The van der Waals surface area contributed by atoms with Gasteiger partial charge in [0.25, 0.3) is 11.6 Å². The summed E-state index contributed by atoms with van der Waals surface area (Å²) in [5.41, 5.74) is 0.785. The number of benzene rings is 2. The number of carbonyl (C=O) groups excluding carboxylic acids is 1. The van der Waals surface area contributed by atoms with Gasteiger partial charge in [-0.25, -0.2) is 0 Å². The van der Waals surface area contributed by atoms with Gasteiger partial charge in [-0.05, 0) is 31.2 Å². The summed E-state index contributed by atoms with van der Waals surface area (Å²) in [6, 6.07) is 11.9. The van der Waals surface area contributed by atoms with E-state index in [9.17, 15) is 14.9 Å². The Bertz CT molecular complexity index is 851. The number of piperazine rings is 1. The van der Waals surface area contributed by atoms with Gasteiger partial charge in [0.1, 0.15) is 11.3 Å². The number of carbonyl (C=O) groups is 1. The topological polar surface area (TPSA) is 75.9 Å². The summed E-state index contributed by atoms with van der Waals surface area (Å²) < 4.78 is 5.68. The Kier molecular flexibility index (Phi) is 5.81. The maximum absolute atomic E-state index is 12.8. The molecule has 1 aliphatic heterocycles. The molecule has 3 rings (SSSR count). The van der Waals surface area contributed by atoms with Gasteiger partial charge >= 0.3 is 0 Å². The molecule has 8 heteroatoms. The molecule has 0 spiro atoms. The highest BCUT2D eigenvalue weighted by Crippen LogP contribution is 2.30. The molecule has 1 amide bonds. The van der Waals surface area contributed by atoms with Gasteiger partial charge in [-0.3, -0.25) is 14.9 Å². The number of amides is 1. The zero-order valence-corrected chi connectivity index (χ0v) is 15.7. The Morgan fingerprint density at radius 3 is 2.56 bits per heavy atom. The molecule has 0 bridgehead atoms. The lowest BCUT2D eigenvalue weighted by Crippen LogP contribution is -2.49. The highest BCUT2D eigenvalue weighted by Gasteiger charge is 2.28. The molecule has 27 heavy (non-hydrogen) atoms. The van der Waals surface area contributed by atoms with Crippen molar-refractivity contribution in [2.24, 2.45) is 0 Å². The van der Waals surface area contributed by atoms with Crippen molar-refractivity contribution in [1.82, 2.24) is 4.90 Å². The summed E-state index contributed by atoms with van der Waals surface area (Å²) in [5, 5.41) is 11.5. The molecule has 1 heterocycles. The van der Waals surface area contributed by atoms with Crippen molar-refractivity contribution in [3.63, 3.8) is 0 Å². The van der Waals surface area contributed by atoms with Crippen LogP contribution in [0.5, 0.6) is 5.75 Å². The summed E-state index contributed by atoms with van der Waals surface area (Å²) in [5.74, 6) is 0.462. The number of halogens is 1. The van der Waals surface area contributed by atoms with Crippen molar-refractivity contribution in [2.75, 3.05) is 37.7 Å². The van der Waals surface area contributed by atoms with Crippen LogP contribution in [0.2, 0.25) is 5.02 Å². The molecule has 0 radical (unpaired) electrons. The summed E-state index contributed by atoms with van der Waals surface area (Å²) in [6.07, 6.45) is 0. The molecular weight excluding hydrogens is 370 g/mol. The molecule has 1 aliphatic rings. The van der Waals surface area contributed by atoms with Crippen LogP contribution in [0.4, 0.5) is 11.4 Å². The normalized spacial score (nSPS) is 14.1. The van der Waals surface area contributed by atoms with Crippen LogP contribution < -0.4 is 9.64 Å². The lowest BCUT2D eigenvalue weighted by molar-refractivity contribution is -0.385. The van der Waals surface area contributed by atoms with Crippen LogP contribution in [0.15, 0.2) is 42.5 Å². The van der Waals surface area contributed by atoms with Crippen LogP contribution in [0.25, 0.3) is 0 Å². The summed E-state index contributed by atoms with van der Waals surface area (Å²) in [7, 11) is 0. The third-order valence-corrected chi connectivity index (χ3v) is 4.69. The van der Waals surface area contributed by atoms with E-state index in [0.717, 1.165) is 11.4 Å². The van der Waals surface area contributed by atoms with Crippen molar-refractivity contribution in [3.8, 4) is 5.75 Å². The van der Waals surface area contributed by atoms with Gasteiger partial charge in [0.15, 0.2) is 0 Å². The number of rotatable bonds is 5. The highest BCUT2D eigenvalue weighted by atomic mass is 35.5. The molecule has 2 aromatic carbocycles. The second kappa shape index (κ2) is 8.26. The fourth-order valence-corrected chi connectivity index (χ4v) is 3.32. The van der Waals surface area contributed by atoms with Crippen LogP contribution in [-0.2, 0) is 0 Å². The first kappa shape index (κ1) is 19.0. The third-order valence-electron chi connectivity index (χ3n) is 4.46. The quantitative estimate of drug-likeness (QED) is 0.576. The summed E-state index contributed by atoms with van der Waals surface area (Å²) >= 11 is 5.83. The van der Waals surface area contributed by atoms with Crippen LogP contribution in [0.3, 0.4) is 0 Å². The molecule has 0 N–H and O–H groups in total. The molecule has 0 aromatic heterocycles. The number of hydrogen-bond acceptors (Lipinski definition) is 5. The molecule has 2 aromatic rings. The standard InChI is InChI=1S/C19H20ClN3O4/c1-2-27-18-6-4-3-5-16(18)21-9-11-22(12-10-21)19(24)15-8-7-14(20)13-17(15)23(25)26/h3-8,13H,2,9-12H2,1H3. The van der Waals surface area contributed by atoms with E-state index in [1.165, 1.54) is 18.2 Å². The van der Waals surface area contributed by atoms with Gasteiger partial charge in [-0.15, -0.1) is 0 Å². The van der Waals surface area contributed by atoms with Gasteiger partial charge in [-0.1, -0.05) is 23.7 Å². The van der Waals surface area contributed by atoms with E-state index in [2.05, 4.69) is 4.90 Å². The van der Waals surface area contributed by atoms with Gasteiger partial charge in [0.2, 0.25) is 0 Å². The Hall–Kier alpha value is -2.80. The zero-order chi connectivity index (χ0) is 19.4. The van der Waals surface area contributed by atoms with Gasteiger partial charge in [0.05, 0.1) is 17.2 Å². The number of nitro groups is 1. The number of ether oxygens (including phenoxy) is 1. The van der Waals surface area contributed by atoms with E-state index in [1.54, 1.807) is 4.90 Å². The predicted molar refractivity (Wildman–Crippen MR) is 104 cm³/mol. The lowest BCUT2D eigenvalue weighted by Gasteiger charge is -2.36. The SMILES string of the molecule is CCOc1ccccc1N1CCN(C(=O)c2ccc(Cl)cc2[N+](=O)[O-])CC1. The predicted octanol–water partition coefficient (Wildman–Crippen LogP) is 3.61. The third kappa shape index (κ3) is 4.14. The number of para-hydroxylation sites is 2. The van der Waals surface area contributed by atoms with Crippen molar-refractivity contribution >= 4 is 28.9 Å². The lowest BCUT2D eigenvalue weighted by atomic mass is 10.1. The molecule has 7 nitrogen and oxygen atoms in total. The van der Waals surface area contributed by atoms with Gasteiger partial charge < -0.3 is 14.5 Å². The first-order chi connectivity index (χ1) is 13.0. The van der Waals surface area contributed by atoms with Crippen molar-refractivity contribution in [3.05, 3.63) is 63.2 Å². The monoisotopic (exact) mass is 389 g/mol. The van der Waals surface area contributed by atoms with E-state index < -0.39 is 4.92 Å². The summed E-state index contributed by atoms with van der Waals surface area (Å²) in [6.45, 7) is 4.70. The second-order valence-electron chi connectivity index (χ2n) is 6.10. The molecular formula is C19H20ClN3O4. The summed E-state index contributed by atoms with van der Waals surface area (Å²) in [4.78, 5) is 27.3. The molecule has 0 unspecified atom stereocenters. The molecule has 0 aliphatic carbocycles. The number of nitrogens with zero attached hydrogens (tertiary/aromatic N) is 3. The average Bonchev–Trinajstić information content (AvgIpc) is 2.68. The Balaban J connectivity index is 1.73. The fraction of sp³-hybridized carbons (Fsp3) is 0.316. The molecule has 1 fully saturated rings. The van der Waals surface area contributed by atoms with E-state index in [1.807, 2.05) is 31.2 Å². The van der Waals surface area contributed by atoms with Gasteiger partial charge in [-0.2, -0.15) is 0 Å². The zero-order valence-electron chi connectivity index (χ0n) is 14.9. The maximum Gasteiger partial charge on any atom is 0.283 e. The first-order valence-corrected chi connectivity index (χ1v) is 9.09. The number of hydrogen-bond donors (Lipinski definition) is 0. The van der Waals surface area contributed by atoms with E-state index in [-0.39, 0.29) is 22.2 Å². The Morgan fingerprint density at radius 1 is 1.19 bits per heavy atom. The molecule has 1 saturated heterocycles. The number of anilines is 1.